The van der Waals surface area contributed by atoms with Crippen LogP contribution in [0.5, 0.6) is 0 Å². The maximum atomic E-state index is 14.9. The van der Waals surface area contributed by atoms with Gasteiger partial charge in [0.1, 0.15) is 0 Å². The number of fused-ring (bicyclic) bond motifs is 1. The molecule has 0 bridgehead atoms. The molecule has 9 heteroatoms. The Hall–Kier alpha value is -2.91. The van der Waals surface area contributed by atoms with Gasteiger partial charge in [-0.05, 0) is 48.4 Å². The number of rotatable bonds is 5. The second-order valence-corrected chi connectivity index (χ2v) is 9.06. The van der Waals surface area contributed by atoms with Crippen molar-refractivity contribution < 1.29 is 23.4 Å². The fourth-order valence-electron chi connectivity index (χ4n) is 3.16. The number of nitriles is 1. The third-order valence-electron chi connectivity index (χ3n) is 4.36. The SMILES string of the molecule is COP(=O)(c1cc(C)cc(/C=C/C#N)c1)c1c(C(=O)[O-])[nH]c2ccc(Cl)c(F)c12. The molecule has 148 valence electrons. The number of carbonyl (C=O) groups is 1. The van der Waals surface area contributed by atoms with Crippen LogP contribution in [0.15, 0.2) is 36.4 Å². The molecule has 1 aromatic heterocycles. The van der Waals surface area contributed by atoms with Crippen LogP contribution in [0, 0.1) is 24.1 Å². The lowest BCUT2D eigenvalue weighted by molar-refractivity contribution is -0.255. The monoisotopic (exact) mass is 431 g/mol. The Balaban J connectivity index is 2.42. The fraction of sp³-hybridized carbons (Fsp3) is 0.100. The average Bonchev–Trinajstić information content (AvgIpc) is 3.09. The Kier molecular flexibility index (Phi) is 5.63. The van der Waals surface area contributed by atoms with Crippen molar-refractivity contribution >= 4 is 52.5 Å². The van der Waals surface area contributed by atoms with E-state index in [0.717, 1.165) is 7.11 Å². The minimum absolute atomic E-state index is 0.0932. The van der Waals surface area contributed by atoms with Crippen LogP contribution in [-0.4, -0.2) is 18.1 Å². The second kappa shape index (κ2) is 7.84. The number of aromatic carboxylic acids is 1. The smallest absolute Gasteiger partial charge is 0.263 e. The molecule has 1 heterocycles. The van der Waals surface area contributed by atoms with Gasteiger partial charge in [0.25, 0.3) is 7.37 Å². The quantitative estimate of drug-likeness (QED) is 0.493. The zero-order chi connectivity index (χ0) is 21.3. The number of hydrogen-bond acceptors (Lipinski definition) is 5. The van der Waals surface area contributed by atoms with Gasteiger partial charge in [-0.1, -0.05) is 17.7 Å². The molecule has 3 rings (SSSR count). The molecule has 2 aromatic carbocycles. The highest BCUT2D eigenvalue weighted by Gasteiger charge is 2.36. The zero-order valence-corrected chi connectivity index (χ0v) is 17.0. The predicted molar refractivity (Wildman–Crippen MR) is 107 cm³/mol. The van der Waals surface area contributed by atoms with Gasteiger partial charge in [0.2, 0.25) is 0 Å². The highest BCUT2D eigenvalue weighted by Crippen LogP contribution is 2.48. The summed E-state index contributed by atoms with van der Waals surface area (Å²) in [4.78, 5) is 14.3. The fourth-order valence-corrected chi connectivity index (χ4v) is 5.62. The number of aromatic nitrogens is 1. The van der Waals surface area contributed by atoms with E-state index in [2.05, 4.69) is 4.98 Å². The highest BCUT2D eigenvalue weighted by molar-refractivity contribution is 7.75. The molecule has 0 aliphatic carbocycles. The number of halogens is 2. The summed E-state index contributed by atoms with van der Waals surface area (Å²) >= 11 is 5.87. The summed E-state index contributed by atoms with van der Waals surface area (Å²) in [7, 11) is -2.95. The number of allylic oxidation sites excluding steroid dienone is 1. The van der Waals surface area contributed by atoms with Crippen molar-refractivity contribution in [2.45, 2.75) is 6.92 Å². The summed E-state index contributed by atoms with van der Waals surface area (Å²) in [6, 6.07) is 9.28. The van der Waals surface area contributed by atoms with Gasteiger partial charge in [0.05, 0.1) is 33.4 Å². The molecule has 0 spiro atoms. The van der Waals surface area contributed by atoms with E-state index in [1.165, 1.54) is 30.4 Å². The molecule has 29 heavy (non-hydrogen) atoms. The van der Waals surface area contributed by atoms with Gasteiger partial charge in [-0.2, -0.15) is 5.26 Å². The van der Waals surface area contributed by atoms with Crippen molar-refractivity contribution in [3.63, 3.8) is 0 Å². The third kappa shape index (κ3) is 3.58. The van der Waals surface area contributed by atoms with Crippen LogP contribution < -0.4 is 15.7 Å². The Labute approximate surface area is 170 Å². The molecule has 0 aliphatic rings. The van der Waals surface area contributed by atoms with Gasteiger partial charge >= 0.3 is 0 Å². The minimum atomic E-state index is -4.09. The normalized spacial score (nSPS) is 13.5. The van der Waals surface area contributed by atoms with Crippen molar-refractivity contribution in [2.24, 2.45) is 0 Å². The van der Waals surface area contributed by atoms with Gasteiger partial charge in [0.15, 0.2) is 5.82 Å². The topological polar surface area (TPSA) is 106 Å². The van der Waals surface area contributed by atoms with Gasteiger partial charge in [-0.15, -0.1) is 0 Å². The number of carboxylic acids is 1. The van der Waals surface area contributed by atoms with Crippen LogP contribution in [0.25, 0.3) is 17.0 Å². The maximum Gasteiger partial charge on any atom is 0.263 e. The lowest BCUT2D eigenvalue weighted by Gasteiger charge is -2.20. The number of carbonyl (C=O) groups excluding carboxylic acids is 1. The summed E-state index contributed by atoms with van der Waals surface area (Å²) in [5.41, 5.74) is 0.774. The van der Waals surface area contributed by atoms with Crippen LogP contribution in [0.2, 0.25) is 5.02 Å². The molecule has 0 fully saturated rings. The van der Waals surface area contributed by atoms with E-state index in [9.17, 15) is 18.9 Å². The zero-order valence-electron chi connectivity index (χ0n) is 15.3. The summed E-state index contributed by atoms with van der Waals surface area (Å²) < 4.78 is 34.2. The van der Waals surface area contributed by atoms with Crippen LogP contribution in [0.1, 0.15) is 21.6 Å². The van der Waals surface area contributed by atoms with Crippen LogP contribution in [0.3, 0.4) is 0 Å². The minimum Gasteiger partial charge on any atom is -0.543 e. The molecular weight excluding hydrogens is 418 g/mol. The second-order valence-electron chi connectivity index (χ2n) is 6.22. The van der Waals surface area contributed by atoms with Gasteiger partial charge in [-0.25, -0.2) is 4.39 Å². The van der Waals surface area contributed by atoms with E-state index in [4.69, 9.17) is 21.4 Å². The first-order chi connectivity index (χ1) is 13.7. The van der Waals surface area contributed by atoms with Crippen molar-refractivity contribution in [1.29, 1.82) is 5.26 Å². The van der Waals surface area contributed by atoms with E-state index in [1.54, 1.807) is 19.1 Å². The van der Waals surface area contributed by atoms with Gasteiger partial charge < -0.3 is 19.4 Å². The first-order valence-electron chi connectivity index (χ1n) is 8.28. The van der Waals surface area contributed by atoms with E-state index in [1.807, 2.05) is 6.07 Å². The standard InChI is InChI=1S/C20H15ClFN2O4P/c1-11-8-12(4-3-7-23)10-13(9-11)29(27,28-2)19-16-15(24-18(19)20(25)26)6-5-14(21)17(16)22/h3-6,8-10,24H,1-2H3,(H,25,26)/p-1/b4-3+. The van der Waals surface area contributed by atoms with Crippen LogP contribution in [-0.2, 0) is 9.09 Å². The Morgan fingerprint density at radius 1 is 1.38 bits per heavy atom. The van der Waals surface area contributed by atoms with E-state index in [0.29, 0.717) is 11.1 Å². The molecule has 1 unspecified atom stereocenters. The number of benzene rings is 2. The van der Waals surface area contributed by atoms with E-state index in [-0.39, 0.29) is 26.5 Å². The van der Waals surface area contributed by atoms with E-state index >= 15 is 0 Å². The molecule has 0 aliphatic heterocycles. The Bertz CT molecular complexity index is 1260. The molecule has 0 amide bonds. The number of hydrogen-bond donors (Lipinski definition) is 1. The van der Waals surface area contributed by atoms with Crippen LogP contribution in [0.4, 0.5) is 4.39 Å². The van der Waals surface area contributed by atoms with Crippen molar-refractivity contribution in [3.8, 4) is 6.07 Å². The highest BCUT2D eigenvalue weighted by atomic mass is 35.5. The predicted octanol–water partition coefficient (Wildman–Crippen LogP) is 3.04. The molecule has 1 N–H and O–H groups in total. The van der Waals surface area contributed by atoms with Crippen molar-refractivity contribution in [2.75, 3.05) is 7.11 Å². The van der Waals surface area contributed by atoms with Gasteiger partial charge in [0, 0.05) is 24.0 Å². The lowest BCUT2D eigenvalue weighted by atomic mass is 10.1. The number of carboxylic acid groups (broad SMARTS) is 1. The molecule has 3 aromatic rings. The molecular formula is C20H14ClFN2O4P-. The molecule has 0 radical (unpaired) electrons. The number of nitrogens with one attached hydrogen (secondary N) is 1. The first kappa shape index (κ1) is 20.8. The molecule has 1 atom stereocenters. The maximum absolute atomic E-state index is 14.9. The van der Waals surface area contributed by atoms with Gasteiger partial charge in [-0.3, -0.25) is 4.57 Å². The summed E-state index contributed by atoms with van der Waals surface area (Å²) in [6.45, 7) is 1.74. The average molecular weight is 432 g/mol. The lowest BCUT2D eigenvalue weighted by Crippen LogP contribution is -2.31. The number of nitrogens with zero attached hydrogens (tertiary/aromatic N) is 1. The third-order valence-corrected chi connectivity index (χ3v) is 7.14. The summed E-state index contributed by atoms with van der Waals surface area (Å²) in [6.07, 6.45) is 2.75. The van der Waals surface area contributed by atoms with Crippen LogP contribution >= 0.6 is 19.0 Å². The Morgan fingerprint density at radius 3 is 2.72 bits per heavy atom. The summed E-state index contributed by atoms with van der Waals surface area (Å²) in [5, 5.41) is 19.8. The Morgan fingerprint density at radius 2 is 2.10 bits per heavy atom. The largest absolute Gasteiger partial charge is 0.543 e. The number of aryl methyl sites for hydroxylation is 1. The van der Waals surface area contributed by atoms with E-state index < -0.39 is 24.8 Å². The first-order valence-corrected chi connectivity index (χ1v) is 10.3. The molecule has 0 saturated carbocycles. The van der Waals surface area contributed by atoms with Crippen molar-refractivity contribution in [1.82, 2.24) is 4.98 Å². The molecule has 0 saturated heterocycles. The number of H-pyrrole nitrogens is 1. The number of aromatic amines is 1. The van der Waals surface area contributed by atoms with Crippen molar-refractivity contribution in [3.05, 3.63) is 64.1 Å². The summed E-state index contributed by atoms with van der Waals surface area (Å²) in [5.74, 6) is -2.58. The molecule has 6 nitrogen and oxygen atoms in total.